The third-order valence-corrected chi connectivity index (χ3v) is 5.13. The van der Waals surface area contributed by atoms with Crippen LogP contribution < -0.4 is 0 Å². The second-order valence-corrected chi connectivity index (χ2v) is 7.02. The number of aryl methyl sites for hydroxylation is 2. The van der Waals surface area contributed by atoms with Gasteiger partial charge < -0.3 is 14.0 Å². The van der Waals surface area contributed by atoms with Gasteiger partial charge in [-0.2, -0.15) is 0 Å². The molecule has 7 nitrogen and oxygen atoms in total. The highest BCUT2D eigenvalue weighted by atomic mass is 16.5. The molecular weight excluding hydrogens is 342 g/mol. The van der Waals surface area contributed by atoms with Gasteiger partial charge in [-0.3, -0.25) is 9.78 Å². The molecule has 1 aliphatic rings. The molecule has 0 spiro atoms. The van der Waals surface area contributed by atoms with Crippen LogP contribution in [0, 0.1) is 13.8 Å². The average Bonchev–Trinajstić information content (AvgIpc) is 3.28. The molecule has 0 aliphatic carbocycles. The van der Waals surface area contributed by atoms with Crippen molar-refractivity contribution in [2.24, 2.45) is 0 Å². The molecule has 1 amide bonds. The second-order valence-electron chi connectivity index (χ2n) is 7.02. The maximum atomic E-state index is 13.0. The summed E-state index contributed by atoms with van der Waals surface area (Å²) < 4.78 is 7.31. The third kappa shape index (κ3) is 3.49. The van der Waals surface area contributed by atoms with Crippen LogP contribution in [0.3, 0.4) is 0 Å². The number of hydrogen-bond donors (Lipinski definition) is 0. The number of rotatable bonds is 4. The molecule has 27 heavy (non-hydrogen) atoms. The molecule has 1 saturated heterocycles. The Labute approximate surface area is 158 Å². The Morgan fingerprint density at radius 2 is 2.15 bits per heavy atom. The molecule has 1 unspecified atom stereocenters. The van der Waals surface area contributed by atoms with Gasteiger partial charge in [0.1, 0.15) is 17.1 Å². The van der Waals surface area contributed by atoms with Crippen LogP contribution in [-0.2, 0) is 6.54 Å². The standard InChI is InChI=1S/C20H23N5O2/c1-14-18(15(2)27-23-14)20(26)25-10-5-6-16(12-25)19-22-9-11-24(19)13-17-7-3-4-8-21-17/h3-4,7-9,11,16H,5-6,10,12-13H2,1-2H3. The summed E-state index contributed by atoms with van der Waals surface area (Å²) in [7, 11) is 0. The molecule has 7 heteroatoms. The Balaban J connectivity index is 1.52. The van der Waals surface area contributed by atoms with Crippen molar-refractivity contribution in [3.8, 4) is 0 Å². The molecule has 1 atom stereocenters. The van der Waals surface area contributed by atoms with Gasteiger partial charge in [0.05, 0.1) is 17.9 Å². The molecular formula is C20H23N5O2. The number of piperidine rings is 1. The van der Waals surface area contributed by atoms with Crippen molar-refractivity contribution in [2.75, 3.05) is 13.1 Å². The molecule has 3 aromatic heterocycles. The lowest BCUT2D eigenvalue weighted by molar-refractivity contribution is 0.0701. The summed E-state index contributed by atoms with van der Waals surface area (Å²) in [5.74, 6) is 1.80. The average molecular weight is 365 g/mol. The fraction of sp³-hybridized carbons (Fsp3) is 0.400. The Morgan fingerprint density at radius 3 is 2.89 bits per heavy atom. The second kappa shape index (κ2) is 7.34. The van der Waals surface area contributed by atoms with Crippen LogP contribution >= 0.6 is 0 Å². The zero-order chi connectivity index (χ0) is 18.8. The highest BCUT2D eigenvalue weighted by Crippen LogP contribution is 2.28. The molecule has 3 aromatic rings. The maximum Gasteiger partial charge on any atom is 0.259 e. The van der Waals surface area contributed by atoms with Crippen LogP contribution in [0.2, 0.25) is 0 Å². The van der Waals surface area contributed by atoms with Gasteiger partial charge in [0, 0.05) is 37.6 Å². The van der Waals surface area contributed by atoms with Crippen molar-refractivity contribution in [3.63, 3.8) is 0 Å². The highest BCUT2D eigenvalue weighted by molar-refractivity contribution is 5.96. The first-order valence-corrected chi connectivity index (χ1v) is 9.26. The maximum absolute atomic E-state index is 13.0. The van der Waals surface area contributed by atoms with E-state index in [-0.39, 0.29) is 11.8 Å². The lowest BCUT2D eigenvalue weighted by Gasteiger charge is -2.32. The number of pyridine rings is 1. The van der Waals surface area contributed by atoms with Crippen molar-refractivity contribution in [1.29, 1.82) is 0 Å². The molecule has 0 saturated carbocycles. The van der Waals surface area contributed by atoms with Crippen LogP contribution in [0.1, 0.15) is 52.1 Å². The smallest absolute Gasteiger partial charge is 0.259 e. The van der Waals surface area contributed by atoms with Crippen LogP contribution in [0.5, 0.6) is 0 Å². The van der Waals surface area contributed by atoms with Crippen molar-refractivity contribution in [3.05, 3.63) is 65.3 Å². The van der Waals surface area contributed by atoms with Gasteiger partial charge in [0.2, 0.25) is 0 Å². The Kier molecular flexibility index (Phi) is 4.75. The predicted molar refractivity (Wildman–Crippen MR) is 99.4 cm³/mol. The minimum absolute atomic E-state index is 0.00113. The van der Waals surface area contributed by atoms with Crippen LogP contribution in [0.4, 0.5) is 0 Å². The summed E-state index contributed by atoms with van der Waals surface area (Å²) in [6.45, 7) is 5.69. The van der Waals surface area contributed by atoms with E-state index in [1.807, 2.05) is 42.4 Å². The highest BCUT2D eigenvalue weighted by Gasteiger charge is 2.30. The van der Waals surface area contributed by atoms with Gasteiger partial charge in [-0.15, -0.1) is 0 Å². The summed E-state index contributed by atoms with van der Waals surface area (Å²) in [6, 6.07) is 5.92. The first kappa shape index (κ1) is 17.5. The third-order valence-electron chi connectivity index (χ3n) is 5.13. The van der Waals surface area contributed by atoms with E-state index in [0.717, 1.165) is 30.9 Å². The lowest BCUT2D eigenvalue weighted by Crippen LogP contribution is -2.40. The van der Waals surface area contributed by atoms with E-state index in [1.165, 1.54) is 0 Å². The number of hydrogen-bond acceptors (Lipinski definition) is 5. The predicted octanol–water partition coefficient (Wildman–Crippen LogP) is 2.95. The van der Waals surface area contributed by atoms with Gasteiger partial charge in [-0.25, -0.2) is 4.98 Å². The summed E-state index contributed by atoms with van der Waals surface area (Å²) in [6.07, 6.45) is 7.59. The van der Waals surface area contributed by atoms with E-state index in [4.69, 9.17) is 4.52 Å². The molecule has 0 bridgehead atoms. The number of nitrogens with zero attached hydrogens (tertiary/aromatic N) is 5. The molecule has 1 fully saturated rings. The number of imidazole rings is 1. The first-order valence-electron chi connectivity index (χ1n) is 9.26. The summed E-state index contributed by atoms with van der Waals surface area (Å²) in [4.78, 5) is 23.9. The Hall–Kier alpha value is -2.96. The number of carbonyl (C=O) groups excluding carboxylic acids is 1. The monoisotopic (exact) mass is 365 g/mol. The number of carbonyl (C=O) groups is 1. The minimum Gasteiger partial charge on any atom is -0.361 e. The van der Waals surface area contributed by atoms with Gasteiger partial charge in [-0.1, -0.05) is 11.2 Å². The van der Waals surface area contributed by atoms with E-state index in [0.29, 0.717) is 30.1 Å². The van der Waals surface area contributed by atoms with Crippen molar-refractivity contribution < 1.29 is 9.32 Å². The van der Waals surface area contributed by atoms with Crippen molar-refractivity contribution >= 4 is 5.91 Å². The minimum atomic E-state index is -0.00113. The van der Waals surface area contributed by atoms with E-state index < -0.39 is 0 Å². The molecule has 0 N–H and O–H groups in total. The van der Waals surface area contributed by atoms with E-state index in [2.05, 4.69) is 19.7 Å². The van der Waals surface area contributed by atoms with E-state index in [1.54, 1.807) is 13.1 Å². The largest absolute Gasteiger partial charge is 0.361 e. The van der Waals surface area contributed by atoms with Crippen LogP contribution in [-0.4, -0.2) is 43.6 Å². The van der Waals surface area contributed by atoms with Crippen LogP contribution in [0.25, 0.3) is 0 Å². The zero-order valence-electron chi connectivity index (χ0n) is 15.6. The fourth-order valence-electron chi connectivity index (χ4n) is 3.80. The molecule has 4 rings (SSSR count). The number of aromatic nitrogens is 4. The van der Waals surface area contributed by atoms with Gasteiger partial charge in [-0.05, 0) is 38.8 Å². The summed E-state index contributed by atoms with van der Waals surface area (Å²) in [5, 5.41) is 3.92. The van der Waals surface area contributed by atoms with Crippen molar-refractivity contribution in [1.82, 2.24) is 24.6 Å². The summed E-state index contributed by atoms with van der Waals surface area (Å²) >= 11 is 0. The normalized spacial score (nSPS) is 17.3. The fourth-order valence-corrected chi connectivity index (χ4v) is 3.80. The molecule has 140 valence electrons. The van der Waals surface area contributed by atoms with Crippen molar-refractivity contribution in [2.45, 2.75) is 39.2 Å². The zero-order valence-corrected chi connectivity index (χ0v) is 15.6. The molecule has 0 aromatic carbocycles. The quantitative estimate of drug-likeness (QED) is 0.710. The SMILES string of the molecule is Cc1noc(C)c1C(=O)N1CCCC(c2nccn2Cc2ccccn2)C1. The van der Waals surface area contributed by atoms with E-state index in [9.17, 15) is 4.79 Å². The van der Waals surface area contributed by atoms with Gasteiger partial charge in [0.25, 0.3) is 5.91 Å². The van der Waals surface area contributed by atoms with Gasteiger partial charge in [0.15, 0.2) is 0 Å². The molecule has 4 heterocycles. The number of amides is 1. The first-order chi connectivity index (χ1) is 13.1. The topological polar surface area (TPSA) is 77.0 Å². The number of likely N-dealkylation sites (tertiary alicyclic amines) is 1. The van der Waals surface area contributed by atoms with Crippen LogP contribution in [0.15, 0.2) is 41.3 Å². The molecule has 0 radical (unpaired) electrons. The summed E-state index contributed by atoms with van der Waals surface area (Å²) in [5.41, 5.74) is 2.24. The van der Waals surface area contributed by atoms with E-state index >= 15 is 0 Å². The molecule has 1 aliphatic heterocycles. The Morgan fingerprint density at radius 1 is 1.26 bits per heavy atom. The Bertz CT molecular complexity index is 912. The lowest BCUT2D eigenvalue weighted by atomic mass is 9.96. The van der Waals surface area contributed by atoms with Gasteiger partial charge >= 0.3 is 0 Å².